The van der Waals surface area contributed by atoms with Gasteiger partial charge in [0, 0.05) is 5.02 Å². The van der Waals surface area contributed by atoms with Gasteiger partial charge in [-0.1, -0.05) is 23.7 Å². The van der Waals surface area contributed by atoms with Crippen LogP contribution in [0, 0.1) is 0 Å². The Morgan fingerprint density at radius 2 is 2.11 bits per heavy atom. The first-order valence-electron chi connectivity index (χ1n) is 5.39. The second-order valence-electron chi connectivity index (χ2n) is 3.60. The third-order valence-electron chi connectivity index (χ3n) is 2.22. The number of esters is 1. The minimum Gasteiger partial charge on any atom is -0.466 e. The SMILES string of the molecule is CCOC(=O)Cc1ccc(Cl)c(CC(=O)NF)c1. The van der Waals surface area contributed by atoms with Crippen LogP contribution in [0.2, 0.25) is 5.02 Å². The van der Waals surface area contributed by atoms with Crippen molar-refractivity contribution in [3.63, 3.8) is 0 Å². The minimum absolute atomic E-state index is 0.0925. The van der Waals surface area contributed by atoms with Crippen molar-refractivity contribution in [2.75, 3.05) is 6.61 Å². The average molecular weight is 274 g/mol. The summed E-state index contributed by atoms with van der Waals surface area (Å²) in [6, 6.07) is 4.82. The largest absolute Gasteiger partial charge is 0.466 e. The summed E-state index contributed by atoms with van der Waals surface area (Å²) in [4.78, 5) is 22.2. The van der Waals surface area contributed by atoms with Gasteiger partial charge in [-0.25, -0.2) is 0 Å². The van der Waals surface area contributed by atoms with Gasteiger partial charge in [0.15, 0.2) is 0 Å². The number of hydrogen-bond acceptors (Lipinski definition) is 3. The molecule has 0 spiro atoms. The standard InChI is InChI=1S/C12H13ClFNO3/c1-2-18-12(17)6-8-3-4-10(13)9(5-8)7-11(16)15-14/h3-5H,2,6-7H2,1H3,(H,15,16). The minimum atomic E-state index is -0.787. The molecule has 0 radical (unpaired) electrons. The number of rotatable bonds is 5. The Morgan fingerprint density at radius 1 is 1.39 bits per heavy atom. The van der Waals surface area contributed by atoms with Crippen LogP contribution in [0.15, 0.2) is 18.2 Å². The van der Waals surface area contributed by atoms with E-state index in [9.17, 15) is 14.1 Å². The van der Waals surface area contributed by atoms with E-state index >= 15 is 0 Å². The lowest BCUT2D eigenvalue weighted by molar-refractivity contribution is -0.142. The molecule has 0 aliphatic heterocycles. The van der Waals surface area contributed by atoms with E-state index in [1.807, 2.05) is 0 Å². The smallest absolute Gasteiger partial charge is 0.310 e. The summed E-state index contributed by atoms with van der Waals surface area (Å²) in [7, 11) is 0. The second kappa shape index (κ2) is 6.96. The van der Waals surface area contributed by atoms with Gasteiger partial charge in [-0.3, -0.25) is 9.59 Å². The lowest BCUT2D eigenvalue weighted by Gasteiger charge is -2.06. The highest BCUT2D eigenvalue weighted by atomic mass is 35.5. The maximum Gasteiger partial charge on any atom is 0.310 e. The molecule has 0 saturated carbocycles. The van der Waals surface area contributed by atoms with Gasteiger partial charge in [0.25, 0.3) is 5.91 Å². The van der Waals surface area contributed by atoms with Crippen LogP contribution in [0.3, 0.4) is 0 Å². The van der Waals surface area contributed by atoms with Gasteiger partial charge >= 0.3 is 5.97 Å². The van der Waals surface area contributed by atoms with Crippen LogP contribution < -0.4 is 5.54 Å². The highest BCUT2D eigenvalue weighted by Gasteiger charge is 2.10. The number of hydrogen-bond donors (Lipinski definition) is 1. The molecule has 1 aromatic rings. The molecule has 6 heteroatoms. The number of amides is 1. The van der Waals surface area contributed by atoms with Crippen molar-refractivity contribution in [2.45, 2.75) is 19.8 Å². The van der Waals surface area contributed by atoms with Gasteiger partial charge in [-0.15, -0.1) is 4.48 Å². The highest BCUT2D eigenvalue weighted by Crippen LogP contribution is 2.19. The number of carbonyl (C=O) groups excluding carboxylic acids is 2. The third-order valence-corrected chi connectivity index (χ3v) is 2.59. The summed E-state index contributed by atoms with van der Waals surface area (Å²) in [5.74, 6) is -1.15. The normalized spacial score (nSPS) is 9.94. The Balaban J connectivity index is 2.80. The number of nitrogens with one attached hydrogen (secondary N) is 1. The van der Waals surface area contributed by atoms with Crippen LogP contribution in [0.1, 0.15) is 18.1 Å². The maximum absolute atomic E-state index is 11.9. The van der Waals surface area contributed by atoms with E-state index in [2.05, 4.69) is 0 Å². The number of benzene rings is 1. The van der Waals surface area contributed by atoms with Gasteiger partial charge in [0.1, 0.15) is 0 Å². The molecule has 0 fully saturated rings. The van der Waals surface area contributed by atoms with Gasteiger partial charge < -0.3 is 4.74 Å². The highest BCUT2D eigenvalue weighted by molar-refractivity contribution is 6.31. The summed E-state index contributed by atoms with van der Waals surface area (Å²) in [5.41, 5.74) is 2.16. The molecule has 1 rings (SSSR count). The quantitative estimate of drug-likeness (QED) is 0.659. The lowest BCUT2D eigenvalue weighted by atomic mass is 10.1. The molecular formula is C12H13ClFNO3. The van der Waals surface area contributed by atoms with E-state index in [1.165, 1.54) is 0 Å². The molecule has 0 atom stereocenters. The zero-order valence-corrected chi connectivity index (χ0v) is 10.6. The van der Waals surface area contributed by atoms with Crippen molar-refractivity contribution in [1.29, 1.82) is 0 Å². The van der Waals surface area contributed by atoms with Crippen LogP contribution in [-0.4, -0.2) is 18.5 Å². The Bertz CT molecular complexity index is 451. The molecule has 18 heavy (non-hydrogen) atoms. The molecule has 1 amide bonds. The van der Waals surface area contributed by atoms with Crippen molar-refractivity contribution >= 4 is 23.5 Å². The second-order valence-corrected chi connectivity index (χ2v) is 4.01. The van der Waals surface area contributed by atoms with E-state index in [0.717, 1.165) is 5.54 Å². The van der Waals surface area contributed by atoms with E-state index < -0.39 is 5.91 Å². The summed E-state index contributed by atoms with van der Waals surface area (Å²) >= 11 is 5.88. The van der Waals surface area contributed by atoms with Crippen molar-refractivity contribution < 1.29 is 18.8 Å². The Morgan fingerprint density at radius 3 is 2.72 bits per heavy atom. The molecule has 0 saturated heterocycles. The predicted molar refractivity (Wildman–Crippen MR) is 64.7 cm³/mol. The maximum atomic E-state index is 11.9. The van der Waals surface area contributed by atoms with Crippen LogP contribution in [0.5, 0.6) is 0 Å². The van der Waals surface area contributed by atoms with Crippen molar-refractivity contribution in [3.8, 4) is 0 Å². The number of ether oxygens (including phenoxy) is 1. The molecular weight excluding hydrogens is 261 g/mol. The first kappa shape index (κ1) is 14.4. The molecule has 4 nitrogen and oxygen atoms in total. The molecule has 98 valence electrons. The zero-order chi connectivity index (χ0) is 13.5. The third kappa shape index (κ3) is 4.33. The number of carbonyl (C=O) groups is 2. The topological polar surface area (TPSA) is 55.4 Å². The Labute approximate surface area is 109 Å². The fourth-order valence-electron chi connectivity index (χ4n) is 1.46. The molecule has 0 aromatic heterocycles. The van der Waals surface area contributed by atoms with Gasteiger partial charge in [-0.2, -0.15) is 5.54 Å². The summed E-state index contributed by atoms with van der Waals surface area (Å²) in [6.45, 7) is 2.03. The van der Waals surface area contributed by atoms with Crippen molar-refractivity contribution in [2.24, 2.45) is 0 Å². The van der Waals surface area contributed by atoms with Crippen LogP contribution in [0.4, 0.5) is 4.48 Å². The summed E-state index contributed by atoms with van der Waals surface area (Å²) in [5, 5.41) is 0.353. The van der Waals surface area contributed by atoms with E-state index in [4.69, 9.17) is 16.3 Å². The summed E-state index contributed by atoms with van der Waals surface area (Å²) in [6.07, 6.45) is -0.0821. The first-order valence-corrected chi connectivity index (χ1v) is 5.77. The fourth-order valence-corrected chi connectivity index (χ4v) is 1.64. The molecule has 0 aliphatic carbocycles. The number of halogens is 2. The van der Waals surface area contributed by atoms with Gasteiger partial charge in [0.2, 0.25) is 0 Å². The van der Waals surface area contributed by atoms with Crippen molar-refractivity contribution in [1.82, 2.24) is 5.54 Å². The monoisotopic (exact) mass is 273 g/mol. The Kier molecular flexibility index (Phi) is 5.58. The van der Waals surface area contributed by atoms with Gasteiger partial charge in [-0.05, 0) is 24.1 Å². The molecule has 0 heterocycles. The molecule has 1 aromatic carbocycles. The molecule has 0 bridgehead atoms. The zero-order valence-electron chi connectivity index (χ0n) is 9.83. The molecule has 1 N–H and O–H groups in total. The summed E-state index contributed by atoms with van der Waals surface area (Å²) < 4.78 is 16.7. The molecule has 0 aliphatic rings. The van der Waals surface area contributed by atoms with Crippen LogP contribution >= 0.6 is 11.6 Å². The van der Waals surface area contributed by atoms with Crippen LogP contribution in [-0.2, 0) is 27.2 Å². The first-order chi connectivity index (χ1) is 8.56. The molecule has 0 unspecified atom stereocenters. The van der Waals surface area contributed by atoms with E-state index in [0.29, 0.717) is 22.8 Å². The van der Waals surface area contributed by atoms with E-state index in [1.54, 1.807) is 25.1 Å². The van der Waals surface area contributed by atoms with Crippen LogP contribution in [0.25, 0.3) is 0 Å². The fraction of sp³-hybridized carbons (Fsp3) is 0.333. The average Bonchev–Trinajstić information content (AvgIpc) is 2.33. The lowest BCUT2D eigenvalue weighted by Crippen LogP contribution is -2.16. The van der Waals surface area contributed by atoms with Crippen molar-refractivity contribution in [3.05, 3.63) is 34.3 Å². The Hall–Kier alpha value is -1.62. The predicted octanol–water partition coefficient (Wildman–Crippen LogP) is 1.99. The van der Waals surface area contributed by atoms with Gasteiger partial charge in [0.05, 0.1) is 19.4 Å². The van der Waals surface area contributed by atoms with E-state index in [-0.39, 0.29) is 18.8 Å².